The van der Waals surface area contributed by atoms with Crippen LogP contribution < -0.4 is 15.2 Å². The van der Waals surface area contributed by atoms with Crippen LogP contribution in [0.4, 0.5) is 5.69 Å². The van der Waals surface area contributed by atoms with Crippen LogP contribution in [-0.2, 0) is 10.0 Å². The molecule has 1 heterocycles. The second-order valence-electron chi connectivity index (χ2n) is 5.33. The van der Waals surface area contributed by atoms with Crippen molar-refractivity contribution in [1.82, 2.24) is 9.62 Å². The molecule has 1 atom stereocenters. The van der Waals surface area contributed by atoms with Gasteiger partial charge in [0.25, 0.3) is 0 Å². The lowest BCUT2D eigenvalue weighted by Crippen LogP contribution is -2.26. The Morgan fingerprint density at radius 2 is 2.24 bits per heavy atom. The lowest BCUT2D eigenvalue weighted by molar-refractivity contribution is 0.230. The Kier molecular flexibility index (Phi) is 5.08. The third-order valence-corrected chi connectivity index (χ3v) is 5.34. The van der Waals surface area contributed by atoms with E-state index in [-0.39, 0.29) is 4.90 Å². The van der Waals surface area contributed by atoms with Crippen molar-refractivity contribution >= 4 is 15.7 Å². The van der Waals surface area contributed by atoms with Gasteiger partial charge in [-0.2, -0.15) is 0 Å². The Morgan fingerprint density at radius 3 is 2.86 bits per heavy atom. The fraction of sp³-hybridized carbons (Fsp3) is 0.571. The van der Waals surface area contributed by atoms with Crippen molar-refractivity contribution in [2.24, 2.45) is 0 Å². The molecule has 0 saturated carbocycles. The van der Waals surface area contributed by atoms with E-state index in [9.17, 15) is 8.42 Å². The van der Waals surface area contributed by atoms with E-state index < -0.39 is 10.0 Å². The highest BCUT2D eigenvalue weighted by Gasteiger charge is 2.22. The molecule has 1 unspecified atom stereocenters. The number of hydrogen-bond acceptors (Lipinski definition) is 5. The first kappa shape index (κ1) is 16.1. The van der Waals surface area contributed by atoms with E-state index in [1.165, 1.54) is 26.0 Å². The maximum absolute atomic E-state index is 12.0. The monoisotopic (exact) mass is 313 g/mol. The molecule has 1 aromatic rings. The van der Waals surface area contributed by atoms with Crippen molar-refractivity contribution in [3.63, 3.8) is 0 Å². The average molecular weight is 313 g/mol. The van der Waals surface area contributed by atoms with Gasteiger partial charge >= 0.3 is 0 Å². The number of nitrogens with two attached hydrogens (primary N) is 1. The molecule has 7 heteroatoms. The van der Waals surface area contributed by atoms with E-state index in [2.05, 4.69) is 16.7 Å². The number of hydrogen-bond donors (Lipinski definition) is 2. The second-order valence-corrected chi connectivity index (χ2v) is 7.18. The van der Waals surface area contributed by atoms with Gasteiger partial charge in [-0.3, -0.25) is 0 Å². The van der Waals surface area contributed by atoms with Gasteiger partial charge in [0.05, 0.1) is 6.61 Å². The second kappa shape index (κ2) is 6.64. The molecule has 21 heavy (non-hydrogen) atoms. The van der Waals surface area contributed by atoms with Gasteiger partial charge in [0, 0.05) is 11.7 Å². The molecule has 1 aliphatic rings. The van der Waals surface area contributed by atoms with Crippen LogP contribution in [0.15, 0.2) is 23.1 Å². The molecular weight excluding hydrogens is 290 g/mol. The summed E-state index contributed by atoms with van der Waals surface area (Å²) in [7, 11) is -0.0972. The number of ether oxygens (including phenoxy) is 1. The minimum absolute atomic E-state index is 0.0878. The summed E-state index contributed by atoms with van der Waals surface area (Å²) < 4.78 is 32.0. The summed E-state index contributed by atoms with van der Waals surface area (Å²) in [5.74, 6) is 0.346. The van der Waals surface area contributed by atoms with Crippen molar-refractivity contribution in [3.8, 4) is 5.75 Å². The first-order chi connectivity index (χ1) is 9.94. The first-order valence-electron chi connectivity index (χ1n) is 7.10. The van der Waals surface area contributed by atoms with Gasteiger partial charge in [0.15, 0.2) is 0 Å². The van der Waals surface area contributed by atoms with Crippen LogP contribution in [0.5, 0.6) is 5.75 Å². The molecule has 6 nitrogen and oxygen atoms in total. The van der Waals surface area contributed by atoms with Gasteiger partial charge in [-0.15, -0.1) is 0 Å². The molecule has 1 saturated heterocycles. The van der Waals surface area contributed by atoms with Crippen LogP contribution in [-0.4, -0.2) is 46.6 Å². The van der Waals surface area contributed by atoms with Crippen LogP contribution in [0.1, 0.15) is 19.3 Å². The zero-order valence-corrected chi connectivity index (χ0v) is 13.3. The fourth-order valence-electron chi connectivity index (χ4n) is 2.61. The molecule has 1 fully saturated rings. The minimum Gasteiger partial charge on any atom is -0.492 e. The Hall–Kier alpha value is -1.31. The van der Waals surface area contributed by atoms with E-state index in [1.807, 2.05) is 0 Å². The summed E-state index contributed by atoms with van der Waals surface area (Å²) in [5.41, 5.74) is 6.07. The molecule has 1 aromatic carbocycles. The van der Waals surface area contributed by atoms with Crippen molar-refractivity contribution in [2.75, 3.05) is 33.0 Å². The zero-order valence-electron chi connectivity index (χ0n) is 12.5. The van der Waals surface area contributed by atoms with Crippen molar-refractivity contribution < 1.29 is 13.2 Å². The minimum atomic E-state index is -3.58. The van der Waals surface area contributed by atoms with E-state index >= 15 is 0 Å². The summed E-state index contributed by atoms with van der Waals surface area (Å²) in [6.07, 6.45) is 3.27. The molecule has 2 rings (SSSR count). The summed E-state index contributed by atoms with van der Waals surface area (Å²) in [4.78, 5) is 2.40. The van der Waals surface area contributed by atoms with Crippen LogP contribution in [0.3, 0.4) is 0 Å². The highest BCUT2D eigenvalue weighted by Crippen LogP contribution is 2.26. The summed E-state index contributed by atoms with van der Waals surface area (Å²) in [5, 5.41) is 0. The Bertz CT molecular complexity index is 589. The van der Waals surface area contributed by atoms with E-state index in [0.717, 1.165) is 13.0 Å². The van der Waals surface area contributed by atoms with Crippen LogP contribution in [0.2, 0.25) is 0 Å². The smallest absolute Gasteiger partial charge is 0.244 e. The Labute approximate surface area is 126 Å². The lowest BCUT2D eigenvalue weighted by Gasteiger charge is -2.20. The number of sulfonamides is 1. The number of anilines is 1. The van der Waals surface area contributed by atoms with Crippen LogP contribution in [0.25, 0.3) is 0 Å². The van der Waals surface area contributed by atoms with Crippen molar-refractivity contribution in [3.05, 3.63) is 18.2 Å². The van der Waals surface area contributed by atoms with Gasteiger partial charge in [0.2, 0.25) is 10.0 Å². The number of nitrogens with one attached hydrogen (secondary N) is 1. The number of rotatable bonds is 6. The number of nitrogen functional groups attached to an aromatic ring is 1. The number of likely N-dealkylation sites (tertiary alicyclic amines) is 1. The third kappa shape index (κ3) is 3.87. The predicted octanol–water partition coefficient (Wildman–Crippen LogP) is 1.04. The normalized spacial score (nSPS) is 19.8. The highest BCUT2D eigenvalue weighted by atomic mass is 32.2. The summed E-state index contributed by atoms with van der Waals surface area (Å²) in [6, 6.07) is 5.19. The van der Waals surface area contributed by atoms with Gasteiger partial charge in [-0.05, 0) is 58.1 Å². The van der Waals surface area contributed by atoms with E-state index in [1.54, 1.807) is 12.1 Å². The van der Waals surface area contributed by atoms with Crippen LogP contribution in [0, 0.1) is 0 Å². The largest absolute Gasteiger partial charge is 0.492 e. The maximum Gasteiger partial charge on any atom is 0.244 e. The summed E-state index contributed by atoms with van der Waals surface area (Å²) in [6.45, 7) is 1.61. The average Bonchev–Trinajstić information content (AvgIpc) is 2.86. The molecular formula is C14H23N3O3S. The molecule has 0 amide bonds. The number of benzene rings is 1. The predicted molar refractivity (Wildman–Crippen MR) is 82.9 cm³/mol. The highest BCUT2D eigenvalue weighted by molar-refractivity contribution is 7.89. The van der Waals surface area contributed by atoms with Gasteiger partial charge in [0.1, 0.15) is 10.6 Å². The van der Waals surface area contributed by atoms with Gasteiger partial charge in [-0.1, -0.05) is 0 Å². The summed E-state index contributed by atoms with van der Waals surface area (Å²) >= 11 is 0. The quantitative estimate of drug-likeness (QED) is 0.767. The van der Waals surface area contributed by atoms with E-state index in [0.29, 0.717) is 24.1 Å². The third-order valence-electron chi connectivity index (χ3n) is 3.91. The standard InChI is InChI=1S/C14H23N3O3S/c1-16-21(18,19)14-10-11(15)5-6-13(14)20-9-7-12-4-3-8-17(12)2/h5-6,10,12,16H,3-4,7-9,15H2,1-2H3. The SMILES string of the molecule is CNS(=O)(=O)c1cc(N)ccc1OCCC1CCCN1C. The maximum atomic E-state index is 12.0. The first-order valence-corrected chi connectivity index (χ1v) is 8.58. The van der Waals surface area contributed by atoms with Crippen molar-refractivity contribution in [2.45, 2.75) is 30.2 Å². The molecule has 3 N–H and O–H groups in total. The molecule has 0 radical (unpaired) electrons. The topological polar surface area (TPSA) is 84.7 Å². The van der Waals surface area contributed by atoms with Crippen molar-refractivity contribution in [1.29, 1.82) is 0 Å². The lowest BCUT2D eigenvalue weighted by atomic mass is 10.1. The fourth-order valence-corrected chi connectivity index (χ4v) is 3.52. The molecule has 1 aliphatic heterocycles. The molecule has 0 aliphatic carbocycles. The molecule has 118 valence electrons. The van der Waals surface area contributed by atoms with Gasteiger partial charge < -0.3 is 15.4 Å². The zero-order chi connectivity index (χ0) is 15.5. The molecule has 0 aromatic heterocycles. The Morgan fingerprint density at radius 1 is 1.48 bits per heavy atom. The van der Waals surface area contributed by atoms with Gasteiger partial charge in [-0.25, -0.2) is 13.1 Å². The molecule has 0 spiro atoms. The number of nitrogens with zero attached hydrogens (tertiary/aromatic N) is 1. The van der Waals surface area contributed by atoms with Crippen LogP contribution >= 0.6 is 0 Å². The van der Waals surface area contributed by atoms with E-state index in [4.69, 9.17) is 10.5 Å². The molecule has 0 bridgehead atoms. The Balaban J connectivity index is 2.06.